The van der Waals surface area contributed by atoms with Crippen LogP contribution in [0.15, 0.2) is 82.7 Å². The van der Waals surface area contributed by atoms with Crippen molar-refractivity contribution in [2.45, 2.75) is 22.9 Å². The van der Waals surface area contributed by atoms with Crippen molar-refractivity contribution >= 4 is 34.9 Å². The maximum Gasteiger partial charge on any atom is 0.416 e. The minimum atomic E-state index is -4.49. The molecule has 6 nitrogen and oxygen atoms in total. The molecular formula is C26H18F3N3O3S. The molecule has 0 bridgehead atoms. The van der Waals surface area contributed by atoms with Crippen LogP contribution in [-0.2, 0) is 10.9 Å². The molecule has 0 amide bonds. The van der Waals surface area contributed by atoms with E-state index in [1.54, 1.807) is 30.8 Å². The summed E-state index contributed by atoms with van der Waals surface area (Å²) in [5.41, 5.74) is 1.19. The van der Waals surface area contributed by atoms with Gasteiger partial charge in [0.1, 0.15) is 0 Å². The molecule has 0 unspecified atom stereocenters. The predicted molar refractivity (Wildman–Crippen MR) is 128 cm³/mol. The number of rotatable bonds is 5. The highest BCUT2D eigenvalue weighted by atomic mass is 32.2. The van der Waals surface area contributed by atoms with Gasteiger partial charge in [-0.3, -0.25) is 4.79 Å². The van der Waals surface area contributed by atoms with Gasteiger partial charge in [-0.2, -0.15) is 18.3 Å². The third-order valence-electron chi connectivity index (χ3n) is 5.50. The lowest BCUT2D eigenvalue weighted by atomic mass is 10.0. The second-order valence-corrected chi connectivity index (χ2v) is 8.95. The van der Waals surface area contributed by atoms with Crippen molar-refractivity contribution in [1.29, 1.82) is 0 Å². The largest absolute Gasteiger partial charge is 0.461 e. The van der Waals surface area contributed by atoms with Gasteiger partial charge in [-0.25, -0.2) is 9.48 Å². The maximum atomic E-state index is 13.5. The molecule has 2 heterocycles. The van der Waals surface area contributed by atoms with E-state index < -0.39 is 23.5 Å². The second kappa shape index (κ2) is 9.19. The Morgan fingerprint density at radius 2 is 1.72 bits per heavy atom. The highest BCUT2D eigenvalue weighted by molar-refractivity contribution is 7.99. The van der Waals surface area contributed by atoms with Crippen molar-refractivity contribution in [2.75, 3.05) is 11.9 Å². The van der Waals surface area contributed by atoms with E-state index in [0.29, 0.717) is 5.56 Å². The fourth-order valence-electron chi connectivity index (χ4n) is 3.76. The van der Waals surface area contributed by atoms with Crippen LogP contribution in [0.5, 0.6) is 0 Å². The van der Waals surface area contributed by atoms with E-state index in [-0.39, 0.29) is 23.6 Å². The zero-order chi connectivity index (χ0) is 25.4. The van der Waals surface area contributed by atoms with Crippen LogP contribution in [0.4, 0.5) is 24.5 Å². The number of hydrogen-bond donors (Lipinski definition) is 1. The highest BCUT2D eigenvalue weighted by Crippen LogP contribution is 2.44. The molecule has 1 aliphatic heterocycles. The first-order valence-corrected chi connectivity index (χ1v) is 11.7. The number of hydrogen-bond acceptors (Lipinski definition) is 6. The third kappa shape index (κ3) is 4.47. The number of aromatic nitrogens is 2. The topological polar surface area (TPSA) is 73.2 Å². The van der Waals surface area contributed by atoms with E-state index in [9.17, 15) is 22.8 Å². The summed E-state index contributed by atoms with van der Waals surface area (Å²) in [6, 6.07) is 17.2. The number of alkyl halides is 3. The van der Waals surface area contributed by atoms with Crippen molar-refractivity contribution in [1.82, 2.24) is 9.78 Å². The van der Waals surface area contributed by atoms with Crippen LogP contribution in [0, 0.1) is 0 Å². The summed E-state index contributed by atoms with van der Waals surface area (Å²) in [6.45, 7) is 1.69. The molecular weight excluding hydrogens is 491 g/mol. The Morgan fingerprint density at radius 1 is 1.00 bits per heavy atom. The summed E-state index contributed by atoms with van der Waals surface area (Å²) < 4.78 is 45.1. The van der Waals surface area contributed by atoms with Gasteiger partial charge >= 0.3 is 12.1 Å². The van der Waals surface area contributed by atoms with Crippen LogP contribution < -0.4 is 5.32 Å². The number of ketones is 1. The van der Waals surface area contributed by atoms with E-state index in [1.807, 2.05) is 30.3 Å². The lowest BCUT2D eigenvalue weighted by molar-refractivity contribution is -0.137. The van der Waals surface area contributed by atoms with E-state index >= 15 is 0 Å². The minimum Gasteiger partial charge on any atom is -0.461 e. The molecule has 36 heavy (non-hydrogen) atoms. The molecule has 0 aliphatic carbocycles. The van der Waals surface area contributed by atoms with Gasteiger partial charge < -0.3 is 10.1 Å². The normalized spacial score (nSPS) is 12.3. The zero-order valence-corrected chi connectivity index (χ0v) is 19.6. The first-order valence-electron chi connectivity index (χ1n) is 10.9. The SMILES string of the molecule is CCOC(=O)c1nn(-c2ccc(C(F)(F)F)cc2)cc1C(=O)c1ccc2c(c1)Nc1ccccc1S2. The van der Waals surface area contributed by atoms with Crippen molar-refractivity contribution in [2.24, 2.45) is 0 Å². The molecule has 0 atom stereocenters. The zero-order valence-electron chi connectivity index (χ0n) is 18.8. The smallest absolute Gasteiger partial charge is 0.416 e. The Labute approximate surface area is 208 Å². The molecule has 0 saturated carbocycles. The molecule has 0 spiro atoms. The quantitative estimate of drug-likeness (QED) is 0.215. The molecule has 1 aliphatic rings. The number of fused-ring (bicyclic) bond motifs is 2. The van der Waals surface area contributed by atoms with E-state index in [4.69, 9.17) is 4.74 Å². The van der Waals surface area contributed by atoms with Crippen LogP contribution in [0.25, 0.3) is 5.69 Å². The van der Waals surface area contributed by atoms with Gasteiger partial charge in [0.25, 0.3) is 0 Å². The van der Waals surface area contributed by atoms with Gasteiger partial charge in [0.05, 0.1) is 34.8 Å². The Morgan fingerprint density at radius 3 is 2.44 bits per heavy atom. The first kappa shape index (κ1) is 23.7. The third-order valence-corrected chi connectivity index (χ3v) is 6.66. The number of carbonyl (C=O) groups excluding carboxylic acids is 2. The highest BCUT2D eigenvalue weighted by Gasteiger charge is 2.30. The summed E-state index contributed by atoms with van der Waals surface area (Å²) in [5.74, 6) is -1.27. The van der Waals surface area contributed by atoms with Gasteiger partial charge in [-0.15, -0.1) is 0 Å². The molecule has 5 rings (SSSR count). The minimum absolute atomic E-state index is 0.0165. The Hall–Kier alpha value is -4.05. The summed E-state index contributed by atoms with van der Waals surface area (Å²) in [4.78, 5) is 28.1. The molecule has 10 heteroatoms. The Balaban J connectivity index is 1.51. The van der Waals surface area contributed by atoms with Gasteiger partial charge in [-0.1, -0.05) is 23.9 Å². The number of halogens is 3. The average Bonchev–Trinajstić information content (AvgIpc) is 3.32. The van der Waals surface area contributed by atoms with Crippen LogP contribution in [-0.4, -0.2) is 28.1 Å². The van der Waals surface area contributed by atoms with Crippen LogP contribution in [0.3, 0.4) is 0 Å². The Bertz CT molecular complexity index is 1480. The molecule has 4 aromatic rings. The summed E-state index contributed by atoms with van der Waals surface area (Å²) in [7, 11) is 0. The predicted octanol–water partition coefficient (Wildman–Crippen LogP) is 6.51. The average molecular weight is 510 g/mol. The lowest BCUT2D eigenvalue weighted by Gasteiger charge is -2.21. The van der Waals surface area contributed by atoms with Crippen molar-refractivity contribution in [3.8, 4) is 5.69 Å². The summed E-state index contributed by atoms with van der Waals surface area (Å²) in [5, 5.41) is 7.49. The number of nitrogens with one attached hydrogen (secondary N) is 1. The fourth-order valence-corrected chi connectivity index (χ4v) is 4.73. The van der Waals surface area contributed by atoms with Crippen LogP contribution in [0.1, 0.15) is 38.9 Å². The van der Waals surface area contributed by atoms with Crippen molar-refractivity contribution < 1.29 is 27.5 Å². The van der Waals surface area contributed by atoms with Crippen LogP contribution in [0.2, 0.25) is 0 Å². The number of para-hydroxylation sites is 1. The molecule has 3 aromatic carbocycles. The number of benzene rings is 3. The van der Waals surface area contributed by atoms with Gasteiger partial charge in [0, 0.05) is 21.6 Å². The van der Waals surface area contributed by atoms with Gasteiger partial charge in [0.2, 0.25) is 0 Å². The molecule has 0 saturated heterocycles. The summed E-state index contributed by atoms with van der Waals surface area (Å²) >= 11 is 1.57. The fraction of sp³-hybridized carbons (Fsp3) is 0.115. The van der Waals surface area contributed by atoms with Gasteiger partial charge in [-0.05, 0) is 61.5 Å². The Kier molecular flexibility index (Phi) is 6.05. The van der Waals surface area contributed by atoms with E-state index in [2.05, 4.69) is 10.4 Å². The maximum absolute atomic E-state index is 13.5. The molecule has 1 N–H and O–H groups in total. The second-order valence-electron chi connectivity index (χ2n) is 7.86. The van der Waals surface area contributed by atoms with E-state index in [1.165, 1.54) is 23.0 Å². The summed E-state index contributed by atoms with van der Waals surface area (Å²) in [6.07, 6.45) is -3.16. The van der Waals surface area contributed by atoms with Gasteiger partial charge in [0.15, 0.2) is 11.5 Å². The lowest BCUT2D eigenvalue weighted by Crippen LogP contribution is -2.12. The van der Waals surface area contributed by atoms with E-state index in [0.717, 1.165) is 33.3 Å². The number of anilines is 2. The van der Waals surface area contributed by atoms with Crippen molar-refractivity contribution in [3.63, 3.8) is 0 Å². The first-order chi connectivity index (χ1) is 17.2. The molecule has 1 aromatic heterocycles. The monoisotopic (exact) mass is 509 g/mol. The number of ether oxygens (including phenoxy) is 1. The number of nitrogens with zero attached hydrogens (tertiary/aromatic N) is 2. The van der Waals surface area contributed by atoms with Crippen molar-refractivity contribution in [3.05, 3.63) is 95.3 Å². The molecule has 182 valence electrons. The molecule has 0 radical (unpaired) electrons. The molecule has 0 fully saturated rings. The van der Waals surface area contributed by atoms with Crippen LogP contribution >= 0.6 is 11.8 Å². The number of carbonyl (C=O) groups is 2. The number of esters is 1. The standard InChI is InChI=1S/C26H18F3N3O3S/c1-2-35-25(34)23-18(14-32(31-23)17-10-8-16(9-11-17)26(27,28)29)24(33)15-7-12-22-20(13-15)30-19-5-3-4-6-21(19)36-22/h3-14,30H,2H2,1H3.